The van der Waals surface area contributed by atoms with Gasteiger partial charge in [0.2, 0.25) is 5.91 Å². The molecule has 13 heteroatoms. The molecule has 2 aliphatic rings. The molecule has 2 heterocycles. The van der Waals surface area contributed by atoms with Gasteiger partial charge in [-0.3, -0.25) is 9.59 Å². The summed E-state index contributed by atoms with van der Waals surface area (Å²) < 4.78 is 41.0. The van der Waals surface area contributed by atoms with E-state index in [0.717, 1.165) is 31.4 Å². The molecule has 3 N–H and O–H groups in total. The summed E-state index contributed by atoms with van der Waals surface area (Å²) in [5.74, 6) is -3.26. The normalized spacial score (nSPS) is 18.1. The lowest BCUT2D eigenvalue weighted by Gasteiger charge is -2.32. The van der Waals surface area contributed by atoms with Gasteiger partial charge in [0, 0.05) is 43.9 Å². The Morgan fingerprint density at radius 2 is 1.55 bits per heavy atom. The van der Waals surface area contributed by atoms with E-state index in [2.05, 4.69) is 15.4 Å². The fourth-order valence-electron chi connectivity index (χ4n) is 5.11. The first-order chi connectivity index (χ1) is 20.0. The number of benzene rings is 2. The summed E-state index contributed by atoms with van der Waals surface area (Å²) in [6.45, 7) is 1.82. The van der Waals surface area contributed by atoms with Crippen LogP contribution in [0.25, 0.3) is 0 Å². The highest BCUT2D eigenvalue weighted by Crippen LogP contribution is 2.24. The second-order valence-corrected chi connectivity index (χ2v) is 10.4. The molecule has 42 heavy (non-hydrogen) atoms. The first-order valence-corrected chi connectivity index (χ1v) is 13.8. The zero-order chi connectivity index (χ0) is 30.3. The van der Waals surface area contributed by atoms with Crippen LogP contribution in [0.1, 0.15) is 48.0 Å². The molecule has 0 spiro atoms. The number of hydrogen-bond donors (Lipinski definition) is 3. The highest BCUT2D eigenvalue weighted by Gasteiger charge is 2.33. The fourth-order valence-corrected chi connectivity index (χ4v) is 5.11. The number of amides is 4. The van der Waals surface area contributed by atoms with Gasteiger partial charge < -0.3 is 30.3 Å². The van der Waals surface area contributed by atoms with Crippen molar-refractivity contribution >= 4 is 29.5 Å². The number of likely N-dealkylation sites (tertiary alicyclic amines) is 2. The zero-order valence-electron chi connectivity index (χ0n) is 22.9. The van der Waals surface area contributed by atoms with E-state index in [1.165, 1.54) is 17.0 Å². The summed E-state index contributed by atoms with van der Waals surface area (Å²) in [4.78, 5) is 53.5. The second-order valence-electron chi connectivity index (χ2n) is 10.4. The minimum absolute atomic E-state index is 0.0170. The first kappa shape index (κ1) is 30.7. The number of ether oxygens (including phenoxy) is 1. The summed E-state index contributed by atoms with van der Waals surface area (Å²) in [6.07, 6.45) is -0.821. The number of alkyl halides is 3. The number of carbonyl (C=O) groups is 4. The molecule has 0 aliphatic carbocycles. The third-order valence-electron chi connectivity index (χ3n) is 7.32. The third kappa shape index (κ3) is 8.60. The van der Waals surface area contributed by atoms with Gasteiger partial charge in [-0.1, -0.05) is 12.1 Å². The quantitative estimate of drug-likeness (QED) is 0.422. The number of nitrogens with one attached hydrogen (secondary N) is 2. The van der Waals surface area contributed by atoms with Gasteiger partial charge in [-0.05, 0) is 74.1 Å². The molecule has 226 valence electrons. The molecular weight excluding hydrogens is 557 g/mol. The van der Waals surface area contributed by atoms with Crippen molar-refractivity contribution in [3.05, 3.63) is 59.7 Å². The summed E-state index contributed by atoms with van der Waals surface area (Å²) in [7, 11) is 0. The average molecular weight is 591 g/mol. The van der Waals surface area contributed by atoms with Gasteiger partial charge in [-0.25, -0.2) is 9.59 Å². The van der Waals surface area contributed by atoms with Crippen LogP contribution >= 0.6 is 0 Å². The molecule has 4 amide bonds. The Balaban J connectivity index is 1.31. The Morgan fingerprint density at radius 3 is 2.17 bits per heavy atom. The van der Waals surface area contributed by atoms with Crippen molar-refractivity contribution in [1.82, 2.24) is 15.1 Å². The van der Waals surface area contributed by atoms with Crippen molar-refractivity contribution in [2.45, 2.75) is 50.9 Å². The lowest BCUT2D eigenvalue weighted by Crippen LogP contribution is -2.50. The number of carbonyl (C=O) groups excluding carboxylic acids is 3. The Hall–Kier alpha value is -4.29. The Morgan fingerprint density at radius 1 is 0.905 bits per heavy atom. The molecule has 2 aliphatic heterocycles. The number of nitrogens with zero attached hydrogens (tertiary/aromatic N) is 2. The maximum atomic E-state index is 13.0. The van der Waals surface area contributed by atoms with Gasteiger partial charge in [0.25, 0.3) is 5.91 Å². The number of carboxylic acid groups (broad SMARTS) is 1. The van der Waals surface area contributed by atoms with E-state index in [1.807, 2.05) is 0 Å². The lowest BCUT2D eigenvalue weighted by molar-refractivity contribution is -0.274. The van der Waals surface area contributed by atoms with Gasteiger partial charge in [0.1, 0.15) is 11.8 Å². The second kappa shape index (κ2) is 13.6. The maximum Gasteiger partial charge on any atom is 0.573 e. The van der Waals surface area contributed by atoms with Crippen LogP contribution in [-0.4, -0.2) is 77.3 Å². The molecule has 1 unspecified atom stereocenters. The monoisotopic (exact) mass is 590 g/mol. The van der Waals surface area contributed by atoms with Gasteiger partial charge in [-0.15, -0.1) is 13.2 Å². The van der Waals surface area contributed by atoms with Crippen molar-refractivity contribution in [3.63, 3.8) is 0 Å². The van der Waals surface area contributed by atoms with Crippen LogP contribution in [0, 0.1) is 5.92 Å². The minimum atomic E-state index is -4.85. The molecule has 2 aromatic carbocycles. The van der Waals surface area contributed by atoms with Gasteiger partial charge in [-0.2, -0.15) is 0 Å². The fraction of sp³-hybridized carbons (Fsp3) is 0.448. The first-order valence-electron chi connectivity index (χ1n) is 13.8. The van der Waals surface area contributed by atoms with E-state index in [1.54, 1.807) is 29.2 Å². The molecule has 2 atom stereocenters. The van der Waals surface area contributed by atoms with Gasteiger partial charge >= 0.3 is 18.4 Å². The molecule has 4 rings (SSSR count). The van der Waals surface area contributed by atoms with Crippen molar-refractivity contribution in [2.24, 2.45) is 5.92 Å². The van der Waals surface area contributed by atoms with E-state index in [0.29, 0.717) is 43.7 Å². The lowest BCUT2D eigenvalue weighted by atomic mass is 9.95. The molecule has 0 aromatic heterocycles. The molecule has 0 saturated carbocycles. The van der Waals surface area contributed by atoms with Crippen LogP contribution in [0.3, 0.4) is 0 Å². The summed E-state index contributed by atoms with van der Waals surface area (Å²) >= 11 is 0. The standard InChI is InChI=1S/C29H33F3N4O6/c30-29(31,32)42-23-12-8-20(9-13-23)26(38)36-16-4-5-21(18-36)25(37)34-24(27(39)40)17-19-6-10-22(11-7-19)33-28(41)35-14-2-1-3-15-35/h6-13,21,24H,1-5,14-18H2,(H,33,41)(H,34,37)(H,39,40)/t21?,24-/m0/s1. The zero-order valence-corrected chi connectivity index (χ0v) is 22.9. The topological polar surface area (TPSA) is 128 Å². The van der Waals surface area contributed by atoms with Crippen LogP contribution in [0.15, 0.2) is 48.5 Å². The number of piperidine rings is 2. The Bertz CT molecular complexity index is 1260. The predicted octanol–water partition coefficient (Wildman–Crippen LogP) is 4.27. The number of anilines is 1. The predicted molar refractivity (Wildman–Crippen MR) is 146 cm³/mol. The highest BCUT2D eigenvalue weighted by atomic mass is 19.4. The van der Waals surface area contributed by atoms with E-state index in [9.17, 15) is 37.5 Å². The van der Waals surface area contributed by atoms with E-state index >= 15 is 0 Å². The molecule has 2 aromatic rings. The van der Waals surface area contributed by atoms with E-state index < -0.39 is 41.9 Å². The van der Waals surface area contributed by atoms with Crippen LogP contribution in [-0.2, 0) is 16.0 Å². The summed E-state index contributed by atoms with van der Waals surface area (Å²) in [5.41, 5.74) is 1.38. The van der Waals surface area contributed by atoms with Gasteiger partial charge in [0.15, 0.2) is 0 Å². The summed E-state index contributed by atoms with van der Waals surface area (Å²) in [6, 6.07) is 9.90. The average Bonchev–Trinajstić information content (AvgIpc) is 2.97. The molecular formula is C29H33F3N4O6. The Kier molecular flexibility index (Phi) is 9.92. The summed E-state index contributed by atoms with van der Waals surface area (Å²) in [5, 5.41) is 15.2. The number of urea groups is 1. The van der Waals surface area contributed by atoms with Crippen LogP contribution in [0.5, 0.6) is 5.75 Å². The maximum absolute atomic E-state index is 13.0. The smallest absolute Gasteiger partial charge is 0.480 e. The van der Waals surface area contributed by atoms with Crippen LogP contribution < -0.4 is 15.4 Å². The van der Waals surface area contributed by atoms with Crippen molar-refractivity contribution < 1.29 is 42.2 Å². The van der Waals surface area contributed by atoms with Gasteiger partial charge in [0.05, 0.1) is 5.92 Å². The van der Waals surface area contributed by atoms with Crippen molar-refractivity contribution in [1.29, 1.82) is 0 Å². The number of carboxylic acids is 1. The Labute approximate surface area is 240 Å². The number of aliphatic carboxylic acids is 1. The van der Waals surface area contributed by atoms with E-state index in [4.69, 9.17) is 0 Å². The van der Waals surface area contributed by atoms with Crippen LogP contribution in [0.2, 0.25) is 0 Å². The number of hydrogen-bond acceptors (Lipinski definition) is 5. The largest absolute Gasteiger partial charge is 0.573 e. The van der Waals surface area contributed by atoms with Crippen molar-refractivity contribution in [2.75, 3.05) is 31.5 Å². The minimum Gasteiger partial charge on any atom is -0.480 e. The van der Waals surface area contributed by atoms with Crippen LogP contribution in [0.4, 0.5) is 23.7 Å². The van der Waals surface area contributed by atoms with Crippen molar-refractivity contribution in [3.8, 4) is 5.75 Å². The number of halogens is 3. The SMILES string of the molecule is O=C(N[C@@H](Cc1ccc(NC(=O)N2CCCCC2)cc1)C(=O)O)C1CCCN(C(=O)c2ccc(OC(F)(F)F)cc2)C1. The molecule has 2 saturated heterocycles. The molecule has 2 fully saturated rings. The molecule has 0 radical (unpaired) electrons. The van der Waals surface area contributed by atoms with E-state index in [-0.39, 0.29) is 24.6 Å². The molecule has 10 nitrogen and oxygen atoms in total. The molecule has 0 bridgehead atoms. The third-order valence-corrected chi connectivity index (χ3v) is 7.32. The highest BCUT2D eigenvalue weighted by molar-refractivity contribution is 5.95. The number of rotatable bonds is 8.